The summed E-state index contributed by atoms with van der Waals surface area (Å²) in [5.41, 5.74) is 0.270. The molecule has 16 heavy (non-hydrogen) atoms. The molecule has 4 heteroatoms. The third-order valence-corrected chi connectivity index (χ3v) is 2.83. The zero-order valence-corrected chi connectivity index (χ0v) is 9.27. The lowest BCUT2D eigenvalue weighted by Gasteiger charge is -2.17. The number of methoxy groups -OCH3 is 1. The van der Waals surface area contributed by atoms with Crippen LogP contribution in [0, 0.1) is 0 Å². The largest absolute Gasteiger partial charge is 0.507 e. The number of carbonyl (C=O) groups excluding carboxylic acids is 1. The minimum Gasteiger partial charge on any atom is -0.507 e. The summed E-state index contributed by atoms with van der Waals surface area (Å²) in [7, 11) is 1.50. The number of carbonyl (C=O) groups is 1. The van der Waals surface area contributed by atoms with Gasteiger partial charge in [-0.2, -0.15) is 0 Å². The number of hydrogen-bond donors (Lipinski definition) is 1. The molecule has 4 nitrogen and oxygen atoms in total. The number of benzene rings is 1. The van der Waals surface area contributed by atoms with Gasteiger partial charge in [0.15, 0.2) is 0 Å². The van der Waals surface area contributed by atoms with E-state index in [9.17, 15) is 9.90 Å². The Morgan fingerprint density at radius 3 is 2.69 bits per heavy atom. The fraction of sp³-hybridized carbons (Fsp3) is 0.417. The molecule has 0 radical (unpaired) electrons. The third kappa shape index (κ3) is 1.83. The van der Waals surface area contributed by atoms with Crippen LogP contribution in [0.2, 0.25) is 0 Å². The number of phenols is 1. The van der Waals surface area contributed by atoms with Gasteiger partial charge in [0.05, 0.1) is 7.11 Å². The average molecular weight is 221 g/mol. The number of phenolic OH excluding ortho intramolecular Hbond substituents is 1. The Labute approximate surface area is 94.4 Å². The van der Waals surface area contributed by atoms with E-state index in [-0.39, 0.29) is 17.2 Å². The van der Waals surface area contributed by atoms with Crippen molar-refractivity contribution in [2.75, 3.05) is 20.2 Å². The molecule has 0 unspecified atom stereocenters. The molecule has 86 valence electrons. The first-order valence-corrected chi connectivity index (χ1v) is 5.39. The SMILES string of the molecule is COc1cccc(O)c1C(=O)N1CCCC1. The monoisotopic (exact) mass is 221 g/mol. The van der Waals surface area contributed by atoms with Crippen LogP contribution in [0.25, 0.3) is 0 Å². The second kappa shape index (κ2) is 4.43. The van der Waals surface area contributed by atoms with E-state index in [1.807, 2.05) is 0 Å². The number of ether oxygens (including phenoxy) is 1. The van der Waals surface area contributed by atoms with Gasteiger partial charge >= 0.3 is 0 Å². The Morgan fingerprint density at radius 1 is 1.38 bits per heavy atom. The number of rotatable bonds is 2. The molecule has 2 rings (SSSR count). The smallest absolute Gasteiger partial charge is 0.261 e. The van der Waals surface area contributed by atoms with Crippen molar-refractivity contribution in [2.24, 2.45) is 0 Å². The molecule has 1 fully saturated rings. The molecule has 0 bridgehead atoms. The zero-order chi connectivity index (χ0) is 11.5. The van der Waals surface area contributed by atoms with Gasteiger partial charge < -0.3 is 14.7 Å². The van der Waals surface area contributed by atoms with Crippen LogP contribution in [0.4, 0.5) is 0 Å². The molecule has 0 aliphatic carbocycles. The van der Waals surface area contributed by atoms with Crippen LogP contribution in [0.5, 0.6) is 11.5 Å². The Morgan fingerprint density at radius 2 is 2.06 bits per heavy atom. The lowest BCUT2D eigenvalue weighted by atomic mass is 10.1. The predicted octanol–water partition coefficient (Wildman–Crippen LogP) is 1.64. The lowest BCUT2D eigenvalue weighted by molar-refractivity contribution is 0.0786. The Kier molecular flexibility index (Phi) is 2.99. The highest BCUT2D eigenvalue weighted by atomic mass is 16.5. The topological polar surface area (TPSA) is 49.8 Å². The Bertz CT molecular complexity index is 397. The molecular weight excluding hydrogens is 206 g/mol. The maximum absolute atomic E-state index is 12.1. The number of likely N-dealkylation sites (tertiary alicyclic amines) is 1. The normalized spacial score (nSPS) is 15.2. The van der Waals surface area contributed by atoms with Crippen molar-refractivity contribution in [3.05, 3.63) is 23.8 Å². The zero-order valence-electron chi connectivity index (χ0n) is 9.27. The maximum Gasteiger partial charge on any atom is 0.261 e. The van der Waals surface area contributed by atoms with Crippen LogP contribution in [-0.4, -0.2) is 36.1 Å². The van der Waals surface area contributed by atoms with Crippen molar-refractivity contribution < 1.29 is 14.6 Å². The number of amides is 1. The summed E-state index contributed by atoms with van der Waals surface area (Å²) in [5.74, 6) is 0.264. The third-order valence-electron chi connectivity index (χ3n) is 2.83. The fourth-order valence-corrected chi connectivity index (χ4v) is 1.98. The Balaban J connectivity index is 2.34. The van der Waals surface area contributed by atoms with E-state index in [4.69, 9.17) is 4.74 Å². The molecule has 1 amide bonds. The lowest BCUT2D eigenvalue weighted by Crippen LogP contribution is -2.28. The number of hydrogen-bond acceptors (Lipinski definition) is 3. The van der Waals surface area contributed by atoms with Gasteiger partial charge in [-0.05, 0) is 25.0 Å². The van der Waals surface area contributed by atoms with E-state index in [1.54, 1.807) is 17.0 Å². The van der Waals surface area contributed by atoms with Crippen molar-refractivity contribution in [3.63, 3.8) is 0 Å². The summed E-state index contributed by atoms with van der Waals surface area (Å²) >= 11 is 0. The highest BCUT2D eigenvalue weighted by Gasteiger charge is 2.24. The molecule has 1 aliphatic heterocycles. The summed E-state index contributed by atoms with van der Waals surface area (Å²) in [4.78, 5) is 13.9. The summed E-state index contributed by atoms with van der Waals surface area (Å²) < 4.78 is 5.10. The van der Waals surface area contributed by atoms with Gasteiger partial charge in [-0.25, -0.2) is 0 Å². The van der Waals surface area contributed by atoms with E-state index in [0.29, 0.717) is 5.75 Å². The van der Waals surface area contributed by atoms with Crippen molar-refractivity contribution in [1.82, 2.24) is 4.90 Å². The van der Waals surface area contributed by atoms with E-state index in [2.05, 4.69) is 0 Å². The van der Waals surface area contributed by atoms with Crippen molar-refractivity contribution in [1.29, 1.82) is 0 Å². The second-order valence-electron chi connectivity index (χ2n) is 3.85. The molecular formula is C12H15NO3. The van der Waals surface area contributed by atoms with E-state index >= 15 is 0 Å². The van der Waals surface area contributed by atoms with Gasteiger partial charge in [-0.3, -0.25) is 4.79 Å². The van der Waals surface area contributed by atoms with Crippen LogP contribution in [0.3, 0.4) is 0 Å². The number of aromatic hydroxyl groups is 1. The molecule has 0 atom stereocenters. The molecule has 1 aromatic carbocycles. The van der Waals surface area contributed by atoms with Gasteiger partial charge in [0.25, 0.3) is 5.91 Å². The standard InChI is InChI=1S/C12H15NO3/c1-16-10-6-4-5-9(14)11(10)12(15)13-7-2-3-8-13/h4-6,14H,2-3,7-8H2,1H3. The second-order valence-corrected chi connectivity index (χ2v) is 3.85. The summed E-state index contributed by atoms with van der Waals surface area (Å²) in [6, 6.07) is 4.85. The van der Waals surface area contributed by atoms with Gasteiger partial charge in [0.2, 0.25) is 0 Å². The first-order chi connectivity index (χ1) is 7.74. The minimum absolute atomic E-state index is 0.0174. The van der Waals surface area contributed by atoms with Gasteiger partial charge in [-0.15, -0.1) is 0 Å². The molecule has 0 spiro atoms. The van der Waals surface area contributed by atoms with E-state index < -0.39 is 0 Å². The van der Waals surface area contributed by atoms with E-state index in [0.717, 1.165) is 25.9 Å². The molecule has 1 saturated heterocycles. The van der Waals surface area contributed by atoms with Crippen LogP contribution in [0.1, 0.15) is 23.2 Å². The van der Waals surface area contributed by atoms with Crippen molar-refractivity contribution in [2.45, 2.75) is 12.8 Å². The maximum atomic E-state index is 12.1. The first-order valence-electron chi connectivity index (χ1n) is 5.39. The minimum atomic E-state index is -0.146. The first kappa shape index (κ1) is 10.8. The number of nitrogens with zero attached hydrogens (tertiary/aromatic N) is 1. The molecule has 1 aromatic rings. The fourth-order valence-electron chi connectivity index (χ4n) is 1.98. The van der Waals surface area contributed by atoms with Gasteiger partial charge in [-0.1, -0.05) is 6.07 Å². The van der Waals surface area contributed by atoms with Crippen LogP contribution < -0.4 is 4.74 Å². The van der Waals surface area contributed by atoms with Crippen LogP contribution in [0.15, 0.2) is 18.2 Å². The average Bonchev–Trinajstić information content (AvgIpc) is 2.81. The highest BCUT2D eigenvalue weighted by Crippen LogP contribution is 2.29. The summed E-state index contributed by atoms with van der Waals surface area (Å²) in [6.45, 7) is 1.52. The Hall–Kier alpha value is -1.71. The molecule has 1 heterocycles. The van der Waals surface area contributed by atoms with Gasteiger partial charge in [0.1, 0.15) is 17.1 Å². The molecule has 1 N–H and O–H groups in total. The molecule has 0 saturated carbocycles. The van der Waals surface area contributed by atoms with Crippen LogP contribution >= 0.6 is 0 Å². The predicted molar refractivity (Wildman–Crippen MR) is 59.8 cm³/mol. The van der Waals surface area contributed by atoms with Crippen LogP contribution in [-0.2, 0) is 0 Å². The summed E-state index contributed by atoms with van der Waals surface area (Å²) in [5, 5.41) is 9.73. The van der Waals surface area contributed by atoms with Crippen molar-refractivity contribution in [3.8, 4) is 11.5 Å². The highest BCUT2D eigenvalue weighted by molar-refractivity contribution is 5.99. The molecule has 0 aromatic heterocycles. The van der Waals surface area contributed by atoms with Crippen molar-refractivity contribution >= 4 is 5.91 Å². The van der Waals surface area contributed by atoms with E-state index in [1.165, 1.54) is 13.2 Å². The van der Waals surface area contributed by atoms with Gasteiger partial charge in [0, 0.05) is 13.1 Å². The summed E-state index contributed by atoms with van der Waals surface area (Å²) in [6.07, 6.45) is 2.06. The quantitative estimate of drug-likeness (QED) is 0.825. The molecule has 1 aliphatic rings.